The van der Waals surface area contributed by atoms with Crippen molar-refractivity contribution in [3.63, 3.8) is 0 Å². The predicted molar refractivity (Wildman–Crippen MR) is 120 cm³/mol. The number of para-hydroxylation sites is 2. The number of anilines is 2. The standard InChI is InChI=1S/C23H20FN3O4S/c1-30-17-11-16(12-18(13-17)31-2)25-23-22(26-20-8-3-4-9-21(20)27-23)14-32(28,29)19-7-5-6-15(24)10-19/h3-13H,14H2,1-2H3,(H,25,27). The first kappa shape index (κ1) is 21.5. The second kappa shape index (κ2) is 8.80. The lowest BCUT2D eigenvalue weighted by Gasteiger charge is -2.14. The molecule has 3 aromatic carbocycles. The number of hydrogen-bond donors (Lipinski definition) is 1. The zero-order chi connectivity index (χ0) is 22.7. The van der Waals surface area contributed by atoms with Gasteiger partial charge < -0.3 is 14.8 Å². The van der Waals surface area contributed by atoms with Crippen molar-refractivity contribution in [3.8, 4) is 11.5 Å². The number of rotatable bonds is 7. The van der Waals surface area contributed by atoms with E-state index in [2.05, 4.69) is 15.3 Å². The summed E-state index contributed by atoms with van der Waals surface area (Å²) < 4.78 is 50.2. The highest BCUT2D eigenvalue weighted by Crippen LogP contribution is 2.30. The van der Waals surface area contributed by atoms with Crippen LogP contribution in [0.3, 0.4) is 0 Å². The topological polar surface area (TPSA) is 90.4 Å². The normalized spacial score (nSPS) is 11.3. The van der Waals surface area contributed by atoms with Crippen LogP contribution in [0.5, 0.6) is 11.5 Å². The number of nitrogens with one attached hydrogen (secondary N) is 1. The third kappa shape index (κ3) is 4.62. The van der Waals surface area contributed by atoms with E-state index in [-0.39, 0.29) is 16.4 Å². The first-order chi connectivity index (χ1) is 15.4. The van der Waals surface area contributed by atoms with Gasteiger partial charge in [0, 0.05) is 23.9 Å². The molecule has 164 valence electrons. The van der Waals surface area contributed by atoms with E-state index < -0.39 is 21.4 Å². The molecule has 1 N–H and O–H groups in total. The highest BCUT2D eigenvalue weighted by Gasteiger charge is 2.21. The lowest BCUT2D eigenvalue weighted by atomic mass is 10.2. The zero-order valence-corrected chi connectivity index (χ0v) is 18.2. The average Bonchev–Trinajstić information content (AvgIpc) is 2.79. The first-order valence-corrected chi connectivity index (χ1v) is 11.3. The van der Waals surface area contributed by atoms with Crippen molar-refractivity contribution in [2.75, 3.05) is 19.5 Å². The average molecular weight is 453 g/mol. The SMILES string of the molecule is COc1cc(Nc2nc3ccccc3nc2CS(=O)(=O)c2cccc(F)c2)cc(OC)c1. The van der Waals surface area contributed by atoms with Crippen LogP contribution in [0.1, 0.15) is 5.69 Å². The van der Waals surface area contributed by atoms with Crippen LogP contribution in [0.4, 0.5) is 15.9 Å². The Morgan fingerprint density at radius 3 is 2.16 bits per heavy atom. The van der Waals surface area contributed by atoms with E-state index in [0.29, 0.717) is 28.2 Å². The summed E-state index contributed by atoms with van der Waals surface area (Å²) in [5, 5.41) is 3.13. The molecule has 4 aromatic rings. The van der Waals surface area contributed by atoms with Crippen molar-refractivity contribution in [1.29, 1.82) is 0 Å². The molecule has 1 aromatic heterocycles. The second-order valence-corrected chi connectivity index (χ2v) is 8.94. The summed E-state index contributed by atoms with van der Waals surface area (Å²) in [6, 6.07) is 17.2. The fourth-order valence-electron chi connectivity index (χ4n) is 3.18. The number of ether oxygens (including phenoxy) is 2. The van der Waals surface area contributed by atoms with E-state index in [1.54, 1.807) is 36.4 Å². The summed E-state index contributed by atoms with van der Waals surface area (Å²) >= 11 is 0. The van der Waals surface area contributed by atoms with Gasteiger partial charge >= 0.3 is 0 Å². The number of aromatic nitrogens is 2. The van der Waals surface area contributed by atoms with Crippen molar-refractivity contribution in [1.82, 2.24) is 9.97 Å². The summed E-state index contributed by atoms with van der Waals surface area (Å²) in [6.45, 7) is 0. The minimum atomic E-state index is -3.88. The second-order valence-electron chi connectivity index (χ2n) is 6.95. The number of halogens is 1. The number of sulfone groups is 1. The molecule has 0 radical (unpaired) electrons. The molecule has 0 atom stereocenters. The van der Waals surface area contributed by atoms with Gasteiger partial charge in [0.15, 0.2) is 15.7 Å². The fraction of sp³-hybridized carbons (Fsp3) is 0.130. The maximum Gasteiger partial charge on any atom is 0.184 e. The Balaban J connectivity index is 1.79. The van der Waals surface area contributed by atoms with E-state index in [0.717, 1.165) is 6.07 Å². The van der Waals surface area contributed by atoms with Crippen LogP contribution in [0, 0.1) is 5.82 Å². The van der Waals surface area contributed by atoms with E-state index in [1.165, 1.54) is 32.4 Å². The fourth-order valence-corrected chi connectivity index (χ4v) is 4.48. The van der Waals surface area contributed by atoms with Crippen LogP contribution < -0.4 is 14.8 Å². The van der Waals surface area contributed by atoms with E-state index in [1.807, 2.05) is 6.07 Å². The molecule has 0 amide bonds. The van der Waals surface area contributed by atoms with E-state index >= 15 is 0 Å². The summed E-state index contributed by atoms with van der Waals surface area (Å²) in [5.41, 5.74) is 1.92. The zero-order valence-electron chi connectivity index (χ0n) is 17.4. The summed E-state index contributed by atoms with van der Waals surface area (Å²) in [4.78, 5) is 8.99. The van der Waals surface area contributed by atoms with Crippen LogP contribution in [0.25, 0.3) is 11.0 Å². The molecule has 0 spiro atoms. The molecular weight excluding hydrogens is 433 g/mol. The van der Waals surface area contributed by atoms with Gasteiger partial charge in [0.05, 0.1) is 35.8 Å². The van der Waals surface area contributed by atoms with Gasteiger partial charge in [0.2, 0.25) is 0 Å². The van der Waals surface area contributed by atoms with Gasteiger partial charge in [-0.2, -0.15) is 0 Å². The Bertz CT molecular complexity index is 1370. The Kier molecular flexibility index (Phi) is 5.91. The third-order valence-electron chi connectivity index (χ3n) is 4.74. The molecule has 9 heteroatoms. The minimum absolute atomic E-state index is 0.124. The predicted octanol–water partition coefficient (Wildman–Crippen LogP) is 4.50. The Labute approximate surface area is 184 Å². The number of hydrogen-bond acceptors (Lipinski definition) is 7. The molecule has 0 saturated heterocycles. The lowest BCUT2D eigenvalue weighted by molar-refractivity contribution is 0.395. The number of fused-ring (bicyclic) bond motifs is 1. The molecule has 1 heterocycles. The van der Waals surface area contributed by atoms with Crippen LogP contribution in [-0.4, -0.2) is 32.6 Å². The molecule has 0 aliphatic rings. The highest BCUT2D eigenvalue weighted by molar-refractivity contribution is 7.90. The van der Waals surface area contributed by atoms with Gasteiger partial charge in [-0.15, -0.1) is 0 Å². The number of methoxy groups -OCH3 is 2. The number of nitrogens with zero attached hydrogens (tertiary/aromatic N) is 2. The first-order valence-electron chi connectivity index (χ1n) is 9.62. The van der Waals surface area contributed by atoms with Crippen LogP contribution >= 0.6 is 0 Å². The molecule has 0 aliphatic carbocycles. The van der Waals surface area contributed by atoms with Crippen molar-refractivity contribution < 1.29 is 22.3 Å². The van der Waals surface area contributed by atoms with E-state index in [9.17, 15) is 12.8 Å². The van der Waals surface area contributed by atoms with Crippen molar-refractivity contribution in [2.24, 2.45) is 0 Å². The summed E-state index contributed by atoms with van der Waals surface area (Å²) in [5.74, 6) is 0.276. The third-order valence-corrected chi connectivity index (χ3v) is 6.36. The molecule has 0 saturated carbocycles. The van der Waals surface area contributed by atoms with Crippen molar-refractivity contribution >= 4 is 32.4 Å². The summed E-state index contributed by atoms with van der Waals surface area (Å²) in [6.07, 6.45) is 0. The van der Waals surface area contributed by atoms with Gasteiger partial charge in [-0.05, 0) is 30.3 Å². The van der Waals surface area contributed by atoms with Crippen LogP contribution in [-0.2, 0) is 15.6 Å². The lowest BCUT2D eigenvalue weighted by Crippen LogP contribution is -2.10. The molecule has 0 unspecified atom stereocenters. The molecule has 32 heavy (non-hydrogen) atoms. The Morgan fingerprint density at radius 2 is 1.53 bits per heavy atom. The maximum absolute atomic E-state index is 13.6. The van der Waals surface area contributed by atoms with Crippen molar-refractivity contribution in [2.45, 2.75) is 10.6 Å². The monoisotopic (exact) mass is 453 g/mol. The number of benzene rings is 3. The van der Waals surface area contributed by atoms with Gasteiger partial charge in [-0.25, -0.2) is 22.8 Å². The van der Waals surface area contributed by atoms with E-state index in [4.69, 9.17) is 9.47 Å². The smallest absolute Gasteiger partial charge is 0.184 e. The summed E-state index contributed by atoms with van der Waals surface area (Å²) in [7, 11) is -0.811. The van der Waals surface area contributed by atoms with Crippen molar-refractivity contribution in [3.05, 3.63) is 78.2 Å². The maximum atomic E-state index is 13.6. The molecule has 0 fully saturated rings. The largest absolute Gasteiger partial charge is 0.497 e. The van der Waals surface area contributed by atoms with Gasteiger partial charge in [-0.3, -0.25) is 0 Å². The quantitative estimate of drug-likeness (QED) is 0.440. The molecule has 0 bridgehead atoms. The minimum Gasteiger partial charge on any atom is -0.497 e. The highest BCUT2D eigenvalue weighted by atomic mass is 32.2. The molecule has 7 nitrogen and oxygen atoms in total. The Hall–Kier alpha value is -3.72. The van der Waals surface area contributed by atoms with Gasteiger partial charge in [-0.1, -0.05) is 18.2 Å². The molecular formula is C23H20FN3O4S. The molecule has 0 aliphatic heterocycles. The Morgan fingerprint density at radius 1 is 0.875 bits per heavy atom. The van der Waals surface area contributed by atoms with Gasteiger partial charge in [0.1, 0.15) is 23.1 Å². The molecule has 4 rings (SSSR count). The van der Waals surface area contributed by atoms with Crippen LogP contribution in [0.15, 0.2) is 71.6 Å². The van der Waals surface area contributed by atoms with Crippen LogP contribution in [0.2, 0.25) is 0 Å². The van der Waals surface area contributed by atoms with Gasteiger partial charge in [0.25, 0.3) is 0 Å².